The highest BCUT2D eigenvalue weighted by Crippen LogP contribution is 2.62. The quantitative estimate of drug-likeness (QED) is 0.152. The molecule has 4 heterocycles. The fourth-order valence-electron chi connectivity index (χ4n) is 15.3. The maximum atomic E-state index is 11.3. The molecule has 0 atom stereocenters. The molecule has 0 radical (unpaired) electrons. The Balaban J connectivity index is 1.04. The van der Waals surface area contributed by atoms with Gasteiger partial charge < -0.3 is 8.80 Å². The predicted octanol–water partition coefficient (Wildman–Crippen LogP) is 16.3. The van der Waals surface area contributed by atoms with Crippen molar-refractivity contribution < 1.29 is 0 Å². The van der Waals surface area contributed by atoms with Crippen molar-refractivity contribution in [3.05, 3.63) is 235 Å². The Hall–Kier alpha value is -8.44. The summed E-state index contributed by atoms with van der Waals surface area (Å²) >= 11 is 0. The van der Waals surface area contributed by atoms with E-state index in [1.165, 1.54) is 132 Å². The van der Waals surface area contributed by atoms with E-state index in [-0.39, 0.29) is 34.5 Å². The fourth-order valence-corrected chi connectivity index (χ4v) is 15.3. The van der Waals surface area contributed by atoms with Crippen LogP contribution in [0.5, 0.6) is 0 Å². The van der Waals surface area contributed by atoms with Gasteiger partial charge in [-0.3, -0.25) is 0 Å². The van der Waals surface area contributed by atoms with Gasteiger partial charge in [0.1, 0.15) is 0 Å². The van der Waals surface area contributed by atoms with Crippen LogP contribution in [0, 0.1) is 22.7 Å². The van der Waals surface area contributed by atoms with Gasteiger partial charge in [-0.2, -0.15) is 10.5 Å². The van der Waals surface area contributed by atoms with Crippen LogP contribution in [0.25, 0.3) is 76.2 Å². The summed E-state index contributed by atoms with van der Waals surface area (Å²) in [5, 5.41) is 32.6. The fraction of sp³-hybridized carbons (Fsp3) is 0.176. The van der Waals surface area contributed by atoms with E-state index >= 15 is 0 Å². The van der Waals surface area contributed by atoms with Crippen LogP contribution in [0.4, 0.5) is 0 Å². The smallest absolute Gasteiger partial charge is 0.0995 e. The van der Waals surface area contributed by atoms with Crippen molar-refractivity contribution >= 4 is 76.2 Å². The lowest BCUT2D eigenvalue weighted by Crippen LogP contribution is -2.28. The molecule has 6 aliphatic carbocycles. The van der Waals surface area contributed by atoms with Crippen LogP contribution in [0.1, 0.15) is 154 Å². The van der Waals surface area contributed by atoms with Gasteiger partial charge in [0.15, 0.2) is 0 Å². The van der Waals surface area contributed by atoms with Crippen molar-refractivity contribution in [1.29, 1.82) is 10.5 Å². The van der Waals surface area contributed by atoms with Crippen molar-refractivity contribution in [1.82, 2.24) is 8.80 Å². The Morgan fingerprint density at radius 1 is 0.347 bits per heavy atom. The third kappa shape index (κ3) is 4.36. The van der Waals surface area contributed by atoms with E-state index in [9.17, 15) is 10.5 Å². The van der Waals surface area contributed by atoms with Gasteiger partial charge in [0.05, 0.1) is 56.4 Å². The second-order valence-electron chi connectivity index (χ2n) is 23.7. The molecule has 0 saturated heterocycles. The van der Waals surface area contributed by atoms with E-state index in [4.69, 9.17) is 0 Å². The molecule has 19 rings (SSSR count). The van der Waals surface area contributed by atoms with Crippen LogP contribution in [0.15, 0.2) is 146 Å². The first-order chi connectivity index (χ1) is 34.9. The second kappa shape index (κ2) is 12.5. The van der Waals surface area contributed by atoms with Gasteiger partial charge in [-0.1, -0.05) is 139 Å². The number of nitrogens with zero attached hydrogens (tertiary/aromatic N) is 4. The molecule has 0 unspecified atom stereocenters. The molecule has 6 aliphatic rings. The highest BCUT2D eigenvalue weighted by Gasteiger charge is 2.46. The first-order valence-electron chi connectivity index (χ1n) is 25.7. The minimum absolute atomic E-state index is 0.00690. The monoisotopic (exact) mass is 918 g/mol. The predicted molar refractivity (Wildman–Crippen MR) is 292 cm³/mol. The number of fused-ring (bicyclic) bond motifs is 12. The van der Waals surface area contributed by atoms with Crippen LogP contribution in [-0.2, 0) is 10.8 Å². The van der Waals surface area contributed by atoms with E-state index in [1.807, 2.05) is 0 Å². The third-order valence-corrected chi connectivity index (χ3v) is 18.2. The van der Waals surface area contributed by atoms with Crippen molar-refractivity contribution in [2.24, 2.45) is 0 Å². The lowest BCUT2D eigenvalue weighted by atomic mass is 9.59. The summed E-state index contributed by atoms with van der Waals surface area (Å²) in [4.78, 5) is 0. The van der Waals surface area contributed by atoms with Crippen LogP contribution in [-0.4, -0.2) is 8.80 Å². The van der Waals surface area contributed by atoms with E-state index in [1.54, 1.807) is 0 Å². The van der Waals surface area contributed by atoms with Gasteiger partial charge in [-0.05, 0) is 137 Å². The Morgan fingerprint density at radius 2 is 0.639 bits per heavy atom. The zero-order valence-corrected chi connectivity index (χ0v) is 41.0. The van der Waals surface area contributed by atoms with E-state index in [0.29, 0.717) is 0 Å². The minimum atomic E-state index is -0.130. The van der Waals surface area contributed by atoms with E-state index in [0.717, 1.165) is 33.2 Å². The van der Waals surface area contributed by atoms with Gasteiger partial charge in [0, 0.05) is 66.8 Å². The third-order valence-electron chi connectivity index (χ3n) is 18.2. The van der Waals surface area contributed by atoms with Gasteiger partial charge in [0.2, 0.25) is 0 Å². The topological polar surface area (TPSA) is 56.4 Å². The van der Waals surface area contributed by atoms with Crippen molar-refractivity contribution in [2.75, 3.05) is 0 Å². The lowest BCUT2D eigenvalue weighted by Gasteiger charge is -2.43. The molecule has 9 aromatic carbocycles. The summed E-state index contributed by atoms with van der Waals surface area (Å²) in [6.07, 6.45) is 0. The molecule has 0 amide bonds. The number of hydrogen-bond acceptors (Lipinski definition) is 2. The van der Waals surface area contributed by atoms with Crippen molar-refractivity contribution in [3.63, 3.8) is 0 Å². The summed E-state index contributed by atoms with van der Waals surface area (Å²) < 4.78 is 5.05. The second-order valence-corrected chi connectivity index (χ2v) is 23.7. The molecule has 4 nitrogen and oxygen atoms in total. The molecule has 4 bridgehead atoms. The summed E-state index contributed by atoms with van der Waals surface area (Å²) in [6.45, 7) is 14.0. The molecule has 0 aliphatic heterocycles. The van der Waals surface area contributed by atoms with Gasteiger partial charge in [-0.25, -0.2) is 0 Å². The molecular formula is C68H46N4. The van der Waals surface area contributed by atoms with Gasteiger partial charge in [-0.15, -0.1) is 0 Å². The zero-order valence-electron chi connectivity index (χ0n) is 41.0. The standard InChI is InChI=1S/C68H46N4/c1-67(2,3)35-25-47-45-29-52-46(30-51(45)71-53-23-33(31-69)55-57-37-15-7-11-19-41(37)59(42-20-12-8-16-38(42)57)63(55)61(53)49(27-35)65(47)71)48-26-36(68(4,5)6)28-50-62-54(72(52)66(48)50)24-34(32-70)56-58-39-17-9-13-21-43(39)60(64(56)62)44-22-14-10-18-40(44)58/h7-30,57-60H,1-6H3. The van der Waals surface area contributed by atoms with E-state index < -0.39 is 0 Å². The Kier molecular flexibility index (Phi) is 6.84. The SMILES string of the molecule is CC(C)(C)c1cc2c3cc4c(cc3n3c5cc(C#N)c6c(c5c(c1)c23)C1c2ccccc2C6c2ccccc21)c1cc(C(C)(C)C)cc2c3c5c(c(C#N)cc3n4c12)C1c2ccccc2C5c2ccccc21. The van der Waals surface area contributed by atoms with Crippen LogP contribution in [0.2, 0.25) is 0 Å². The minimum Gasteiger partial charge on any atom is -0.308 e. The molecule has 4 aromatic heterocycles. The number of hydrogen-bond donors (Lipinski definition) is 0. The first-order valence-corrected chi connectivity index (χ1v) is 25.7. The average Bonchev–Trinajstić information content (AvgIpc) is 4.11. The molecular weight excluding hydrogens is 873 g/mol. The van der Waals surface area contributed by atoms with Crippen molar-refractivity contribution in [3.8, 4) is 12.1 Å². The van der Waals surface area contributed by atoms with Crippen LogP contribution in [0.3, 0.4) is 0 Å². The lowest BCUT2D eigenvalue weighted by molar-refractivity contribution is 0.591. The molecule has 0 saturated carbocycles. The number of aromatic nitrogens is 2. The molecule has 72 heavy (non-hydrogen) atoms. The van der Waals surface area contributed by atoms with Crippen LogP contribution >= 0.6 is 0 Å². The largest absolute Gasteiger partial charge is 0.308 e. The van der Waals surface area contributed by atoms with Gasteiger partial charge >= 0.3 is 0 Å². The van der Waals surface area contributed by atoms with Gasteiger partial charge in [0.25, 0.3) is 0 Å². The maximum Gasteiger partial charge on any atom is 0.0995 e. The summed E-state index contributed by atoms with van der Waals surface area (Å²) in [5.74, 6) is 0.0172. The molecule has 0 fully saturated rings. The Bertz CT molecular complexity index is 4410. The number of rotatable bonds is 0. The molecule has 338 valence electrons. The summed E-state index contributed by atoms with van der Waals surface area (Å²) in [6, 6.07) is 60.7. The summed E-state index contributed by atoms with van der Waals surface area (Å²) in [7, 11) is 0. The molecule has 4 heteroatoms. The number of benzene rings is 9. The Labute approximate surface area is 416 Å². The molecule has 0 spiro atoms. The highest BCUT2D eigenvalue weighted by atomic mass is 14.9. The normalized spacial score (nSPS) is 18.4. The molecule has 0 N–H and O–H groups in total. The van der Waals surface area contributed by atoms with Crippen molar-refractivity contribution in [2.45, 2.75) is 76.0 Å². The first kappa shape index (κ1) is 39.3. The summed E-state index contributed by atoms with van der Waals surface area (Å²) in [5.41, 5.74) is 26.5. The van der Waals surface area contributed by atoms with E-state index in [2.05, 4.69) is 208 Å². The highest BCUT2D eigenvalue weighted by molar-refractivity contribution is 6.30. The number of nitriles is 2. The Morgan fingerprint density at radius 3 is 0.931 bits per heavy atom. The average molecular weight is 919 g/mol. The molecule has 13 aromatic rings. The zero-order chi connectivity index (χ0) is 48.2. The maximum absolute atomic E-state index is 11.3. The van der Waals surface area contributed by atoms with Crippen LogP contribution < -0.4 is 0 Å².